The van der Waals surface area contributed by atoms with E-state index in [9.17, 15) is 18.0 Å². The molecule has 0 saturated carbocycles. The van der Waals surface area contributed by atoms with Crippen molar-refractivity contribution >= 4 is 21.7 Å². The van der Waals surface area contributed by atoms with Crippen LogP contribution >= 0.6 is 0 Å². The second-order valence-electron chi connectivity index (χ2n) is 6.00. The van der Waals surface area contributed by atoms with E-state index in [1.54, 1.807) is 6.07 Å². The topological polar surface area (TPSA) is 89.5 Å². The van der Waals surface area contributed by atoms with Crippen LogP contribution in [-0.2, 0) is 25.8 Å². The zero-order chi connectivity index (χ0) is 19.9. The molecule has 0 fully saturated rings. The van der Waals surface area contributed by atoms with Gasteiger partial charge in [-0.05, 0) is 36.6 Å². The van der Waals surface area contributed by atoms with Crippen LogP contribution in [0.1, 0.15) is 28.4 Å². The molecule has 0 unspecified atom stereocenters. The Morgan fingerprint density at radius 3 is 2.41 bits per heavy atom. The predicted molar refractivity (Wildman–Crippen MR) is 102 cm³/mol. The number of carbonyl (C=O) groups is 2. The largest absolute Gasteiger partial charge is 0.452 e. The maximum atomic E-state index is 12.2. The van der Waals surface area contributed by atoms with E-state index in [1.807, 2.05) is 31.2 Å². The quantitative estimate of drug-likeness (QED) is 0.700. The number of ether oxygens (including phenoxy) is 1. The van der Waals surface area contributed by atoms with E-state index in [-0.39, 0.29) is 16.2 Å². The Bertz CT molecular complexity index is 921. The molecule has 0 bridgehead atoms. The van der Waals surface area contributed by atoms with Gasteiger partial charge in [-0.2, -0.15) is 0 Å². The Morgan fingerprint density at radius 1 is 1.04 bits per heavy atom. The molecule has 6 nitrogen and oxygen atoms in total. The predicted octanol–water partition coefficient (Wildman–Crippen LogP) is 2.30. The van der Waals surface area contributed by atoms with Crippen molar-refractivity contribution in [2.75, 3.05) is 18.9 Å². The van der Waals surface area contributed by atoms with Gasteiger partial charge in [0, 0.05) is 6.54 Å². The van der Waals surface area contributed by atoms with Crippen LogP contribution in [-0.4, -0.2) is 39.2 Å². The van der Waals surface area contributed by atoms with Crippen LogP contribution in [0.15, 0.2) is 53.4 Å². The lowest BCUT2D eigenvalue weighted by Gasteiger charge is -2.10. The van der Waals surface area contributed by atoms with Crippen LogP contribution in [0.4, 0.5) is 0 Å². The second-order valence-corrected chi connectivity index (χ2v) is 8.25. The van der Waals surface area contributed by atoms with Crippen molar-refractivity contribution in [2.45, 2.75) is 25.2 Å². The molecular weight excluding hydrogens is 366 g/mol. The molecule has 0 spiro atoms. The zero-order valence-corrected chi connectivity index (χ0v) is 16.2. The molecule has 0 aliphatic rings. The maximum absolute atomic E-state index is 12.2. The van der Waals surface area contributed by atoms with E-state index in [2.05, 4.69) is 5.32 Å². The number of rotatable bonds is 8. The molecule has 0 saturated heterocycles. The van der Waals surface area contributed by atoms with Gasteiger partial charge in [0.25, 0.3) is 5.91 Å². The molecule has 0 heterocycles. The first kappa shape index (κ1) is 20.6. The Kier molecular flexibility index (Phi) is 7.12. The fraction of sp³-hybridized carbons (Fsp3) is 0.300. The third-order valence-corrected chi connectivity index (χ3v) is 5.92. The van der Waals surface area contributed by atoms with E-state index >= 15 is 0 Å². The SMILES string of the molecule is CCS(=O)(=O)c1ccccc1C(=O)OCC(=O)NCCc1ccccc1C. The van der Waals surface area contributed by atoms with Gasteiger partial charge in [0.1, 0.15) is 0 Å². The highest BCUT2D eigenvalue weighted by atomic mass is 32.2. The summed E-state index contributed by atoms with van der Waals surface area (Å²) in [6.07, 6.45) is 0.671. The third-order valence-electron chi connectivity index (χ3n) is 4.13. The molecule has 0 aromatic heterocycles. The molecule has 0 radical (unpaired) electrons. The molecule has 2 rings (SSSR count). The van der Waals surface area contributed by atoms with Crippen molar-refractivity contribution in [2.24, 2.45) is 0 Å². The molecule has 1 N–H and O–H groups in total. The number of nitrogens with one attached hydrogen (secondary N) is 1. The Hall–Kier alpha value is -2.67. The summed E-state index contributed by atoms with van der Waals surface area (Å²) in [6.45, 7) is 3.45. The number of esters is 1. The van der Waals surface area contributed by atoms with E-state index in [0.29, 0.717) is 13.0 Å². The lowest BCUT2D eigenvalue weighted by atomic mass is 10.1. The highest BCUT2D eigenvalue weighted by Gasteiger charge is 2.22. The fourth-order valence-electron chi connectivity index (χ4n) is 2.55. The van der Waals surface area contributed by atoms with Gasteiger partial charge in [-0.15, -0.1) is 0 Å². The van der Waals surface area contributed by atoms with E-state index in [4.69, 9.17) is 4.74 Å². The summed E-state index contributed by atoms with van der Waals surface area (Å²) in [4.78, 5) is 24.0. The number of sulfone groups is 1. The first-order chi connectivity index (χ1) is 12.8. The van der Waals surface area contributed by atoms with Crippen molar-refractivity contribution in [3.63, 3.8) is 0 Å². The van der Waals surface area contributed by atoms with Crippen LogP contribution in [0.25, 0.3) is 0 Å². The lowest BCUT2D eigenvalue weighted by molar-refractivity contribution is -0.124. The van der Waals surface area contributed by atoms with Crippen molar-refractivity contribution in [1.29, 1.82) is 0 Å². The van der Waals surface area contributed by atoms with Crippen LogP contribution in [0.3, 0.4) is 0 Å². The summed E-state index contributed by atoms with van der Waals surface area (Å²) in [7, 11) is -3.56. The fourth-order valence-corrected chi connectivity index (χ4v) is 3.63. The standard InChI is InChI=1S/C20H23NO5S/c1-3-27(24,25)18-11-7-6-10-17(18)20(23)26-14-19(22)21-13-12-16-9-5-4-8-15(16)2/h4-11H,3,12-14H2,1-2H3,(H,21,22). The molecule has 2 aromatic carbocycles. The van der Waals surface area contributed by atoms with E-state index in [0.717, 1.165) is 11.1 Å². The van der Waals surface area contributed by atoms with Crippen molar-refractivity contribution in [1.82, 2.24) is 5.32 Å². The zero-order valence-electron chi connectivity index (χ0n) is 15.4. The highest BCUT2D eigenvalue weighted by molar-refractivity contribution is 7.91. The second kappa shape index (κ2) is 9.32. The summed E-state index contributed by atoms with van der Waals surface area (Å²) < 4.78 is 29.1. The van der Waals surface area contributed by atoms with Gasteiger partial charge < -0.3 is 10.1 Å². The highest BCUT2D eigenvalue weighted by Crippen LogP contribution is 2.18. The normalized spacial score (nSPS) is 11.0. The van der Waals surface area contributed by atoms with Gasteiger partial charge in [0.2, 0.25) is 0 Å². The minimum absolute atomic E-state index is 0.0629. The smallest absolute Gasteiger partial charge is 0.339 e. The van der Waals surface area contributed by atoms with E-state index in [1.165, 1.54) is 25.1 Å². The molecule has 0 aliphatic carbocycles. The average Bonchev–Trinajstić information content (AvgIpc) is 2.67. The summed E-state index contributed by atoms with van der Waals surface area (Å²) >= 11 is 0. The van der Waals surface area contributed by atoms with Crippen LogP contribution in [0.2, 0.25) is 0 Å². The first-order valence-electron chi connectivity index (χ1n) is 8.65. The Balaban J connectivity index is 1.89. The van der Waals surface area contributed by atoms with Crippen LogP contribution in [0.5, 0.6) is 0 Å². The number of hydrogen-bond acceptors (Lipinski definition) is 5. The Morgan fingerprint density at radius 2 is 1.70 bits per heavy atom. The summed E-state index contributed by atoms with van der Waals surface area (Å²) in [5, 5.41) is 2.69. The molecular formula is C20H23NO5S. The number of amides is 1. The van der Waals surface area contributed by atoms with Crippen molar-refractivity contribution in [3.05, 3.63) is 65.2 Å². The van der Waals surface area contributed by atoms with Gasteiger partial charge in [0.05, 0.1) is 16.2 Å². The molecule has 0 aliphatic heterocycles. The summed E-state index contributed by atoms with van der Waals surface area (Å²) in [5.74, 6) is -1.40. The third kappa shape index (κ3) is 5.65. The Labute approximate surface area is 159 Å². The van der Waals surface area contributed by atoms with Gasteiger partial charge in [-0.1, -0.05) is 43.3 Å². The number of aryl methyl sites for hydroxylation is 1. The van der Waals surface area contributed by atoms with Crippen LogP contribution in [0, 0.1) is 6.92 Å². The van der Waals surface area contributed by atoms with Gasteiger partial charge >= 0.3 is 5.97 Å². The maximum Gasteiger partial charge on any atom is 0.339 e. The lowest BCUT2D eigenvalue weighted by Crippen LogP contribution is -2.30. The molecule has 144 valence electrons. The van der Waals surface area contributed by atoms with Gasteiger partial charge in [-0.25, -0.2) is 13.2 Å². The molecule has 1 amide bonds. The number of benzene rings is 2. The minimum atomic E-state index is -3.56. The van der Waals surface area contributed by atoms with Gasteiger partial charge in [0.15, 0.2) is 16.4 Å². The summed E-state index contributed by atoms with van der Waals surface area (Å²) in [5.41, 5.74) is 2.22. The van der Waals surface area contributed by atoms with E-state index < -0.39 is 28.3 Å². The van der Waals surface area contributed by atoms with Crippen molar-refractivity contribution < 1.29 is 22.7 Å². The average molecular weight is 389 g/mol. The molecule has 2 aromatic rings. The molecule has 7 heteroatoms. The van der Waals surface area contributed by atoms with Gasteiger partial charge in [-0.3, -0.25) is 4.79 Å². The van der Waals surface area contributed by atoms with Crippen molar-refractivity contribution in [3.8, 4) is 0 Å². The minimum Gasteiger partial charge on any atom is -0.452 e. The van der Waals surface area contributed by atoms with Crippen LogP contribution < -0.4 is 5.32 Å². The first-order valence-corrected chi connectivity index (χ1v) is 10.3. The number of carbonyl (C=O) groups excluding carboxylic acids is 2. The molecule has 27 heavy (non-hydrogen) atoms. The number of hydrogen-bond donors (Lipinski definition) is 1. The molecule has 0 atom stereocenters. The summed E-state index contributed by atoms with van der Waals surface area (Å²) in [6, 6.07) is 13.7. The monoisotopic (exact) mass is 389 g/mol.